The van der Waals surface area contributed by atoms with Gasteiger partial charge < -0.3 is 10.0 Å². The van der Waals surface area contributed by atoms with E-state index in [0.29, 0.717) is 12.8 Å². The van der Waals surface area contributed by atoms with Crippen molar-refractivity contribution < 1.29 is 9.90 Å². The molecule has 0 spiro atoms. The lowest BCUT2D eigenvalue weighted by molar-refractivity contribution is -0.129. The number of benzene rings is 1. The molecule has 0 aliphatic heterocycles. The second-order valence-corrected chi connectivity index (χ2v) is 4.81. The predicted octanol–water partition coefficient (Wildman–Crippen LogP) is 2.35. The zero-order valence-electron chi connectivity index (χ0n) is 9.48. The van der Waals surface area contributed by atoms with Crippen molar-refractivity contribution in [3.8, 4) is 0 Å². The minimum atomic E-state index is -0.582. The fourth-order valence-corrected chi connectivity index (χ4v) is 1.78. The summed E-state index contributed by atoms with van der Waals surface area (Å²) in [5, 5.41) is 9.88. The molecular weight excluding hydrogens is 270 g/mol. The van der Waals surface area contributed by atoms with Crippen LogP contribution < -0.4 is 0 Å². The number of nitrogens with zero attached hydrogens (tertiary/aromatic N) is 1. The van der Waals surface area contributed by atoms with Crippen LogP contribution in [0.15, 0.2) is 28.7 Å². The standard InChI is InChI=1S/C12H16BrNO2/c1-14(2)12(16)7-6-11(15)9-4-3-5-10(13)8-9/h3-5,8,11,15H,6-7H2,1-2H3. The molecule has 4 heteroatoms. The van der Waals surface area contributed by atoms with Gasteiger partial charge in [0.2, 0.25) is 5.91 Å². The van der Waals surface area contributed by atoms with Crippen LogP contribution in [0.4, 0.5) is 0 Å². The molecule has 0 heterocycles. The summed E-state index contributed by atoms with van der Waals surface area (Å²) in [6.07, 6.45) is 0.232. The van der Waals surface area contributed by atoms with Gasteiger partial charge in [-0.3, -0.25) is 4.79 Å². The fraction of sp³-hybridized carbons (Fsp3) is 0.417. The fourth-order valence-electron chi connectivity index (χ4n) is 1.36. The highest BCUT2D eigenvalue weighted by Crippen LogP contribution is 2.21. The molecule has 0 fully saturated rings. The van der Waals surface area contributed by atoms with E-state index in [0.717, 1.165) is 10.0 Å². The van der Waals surface area contributed by atoms with Crippen molar-refractivity contribution in [1.82, 2.24) is 4.90 Å². The Labute approximate surface area is 104 Å². The van der Waals surface area contributed by atoms with Crippen LogP contribution in [0.3, 0.4) is 0 Å². The van der Waals surface area contributed by atoms with E-state index < -0.39 is 6.10 Å². The Morgan fingerprint density at radius 3 is 2.75 bits per heavy atom. The maximum absolute atomic E-state index is 11.4. The smallest absolute Gasteiger partial charge is 0.222 e. The number of aliphatic hydroxyl groups is 1. The molecule has 88 valence electrons. The minimum absolute atomic E-state index is 0.0362. The molecule has 0 radical (unpaired) electrons. The van der Waals surface area contributed by atoms with Gasteiger partial charge in [0.1, 0.15) is 0 Å². The molecule has 1 rings (SSSR count). The quantitative estimate of drug-likeness (QED) is 0.923. The van der Waals surface area contributed by atoms with E-state index >= 15 is 0 Å². The molecule has 0 saturated carbocycles. The Kier molecular flexibility index (Phi) is 4.96. The monoisotopic (exact) mass is 285 g/mol. The number of rotatable bonds is 4. The van der Waals surface area contributed by atoms with Gasteiger partial charge in [0.15, 0.2) is 0 Å². The Morgan fingerprint density at radius 2 is 2.19 bits per heavy atom. The van der Waals surface area contributed by atoms with E-state index in [2.05, 4.69) is 15.9 Å². The molecule has 0 saturated heterocycles. The zero-order chi connectivity index (χ0) is 12.1. The molecule has 0 aliphatic rings. The first-order valence-electron chi connectivity index (χ1n) is 5.14. The highest BCUT2D eigenvalue weighted by molar-refractivity contribution is 9.10. The number of halogens is 1. The lowest BCUT2D eigenvalue weighted by Gasteiger charge is -2.13. The van der Waals surface area contributed by atoms with Gasteiger partial charge in [0.25, 0.3) is 0 Å². The molecule has 0 bridgehead atoms. The predicted molar refractivity (Wildman–Crippen MR) is 67.0 cm³/mol. The van der Waals surface area contributed by atoms with Crippen LogP contribution in [0.5, 0.6) is 0 Å². The van der Waals surface area contributed by atoms with Crippen molar-refractivity contribution in [3.05, 3.63) is 34.3 Å². The normalized spacial score (nSPS) is 12.2. The average molecular weight is 286 g/mol. The number of carbonyl (C=O) groups excluding carboxylic acids is 1. The van der Waals surface area contributed by atoms with Crippen LogP contribution in [0.1, 0.15) is 24.5 Å². The first-order chi connectivity index (χ1) is 7.50. The number of amides is 1. The van der Waals surface area contributed by atoms with Gasteiger partial charge >= 0.3 is 0 Å². The zero-order valence-corrected chi connectivity index (χ0v) is 11.1. The van der Waals surface area contributed by atoms with Gasteiger partial charge in [0.05, 0.1) is 6.10 Å². The molecule has 1 atom stereocenters. The molecule has 1 aromatic rings. The van der Waals surface area contributed by atoms with Crippen LogP contribution in [0.25, 0.3) is 0 Å². The largest absolute Gasteiger partial charge is 0.388 e. The molecule has 0 aliphatic carbocycles. The van der Waals surface area contributed by atoms with Gasteiger partial charge in [-0.05, 0) is 24.1 Å². The summed E-state index contributed by atoms with van der Waals surface area (Å²) < 4.78 is 0.933. The van der Waals surface area contributed by atoms with Crippen LogP contribution in [-0.2, 0) is 4.79 Å². The third kappa shape index (κ3) is 3.94. The van der Waals surface area contributed by atoms with Crippen LogP contribution >= 0.6 is 15.9 Å². The first kappa shape index (κ1) is 13.2. The van der Waals surface area contributed by atoms with Gasteiger partial charge in [-0.15, -0.1) is 0 Å². The molecule has 0 aromatic heterocycles. The Hall–Kier alpha value is -0.870. The summed E-state index contributed by atoms with van der Waals surface area (Å²) in [5.74, 6) is 0.0362. The molecule has 1 N–H and O–H groups in total. The molecule has 1 amide bonds. The van der Waals surface area contributed by atoms with Crippen molar-refractivity contribution >= 4 is 21.8 Å². The van der Waals surface area contributed by atoms with E-state index in [1.165, 1.54) is 4.90 Å². The summed E-state index contributed by atoms with van der Waals surface area (Å²) in [6.45, 7) is 0. The maximum Gasteiger partial charge on any atom is 0.222 e. The lowest BCUT2D eigenvalue weighted by atomic mass is 10.0. The summed E-state index contributed by atoms with van der Waals surface area (Å²) in [4.78, 5) is 12.9. The first-order valence-corrected chi connectivity index (χ1v) is 5.93. The number of aliphatic hydroxyl groups excluding tert-OH is 1. The minimum Gasteiger partial charge on any atom is -0.388 e. The third-order valence-corrected chi connectivity index (χ3v) is 2.86. The van der Waals surface area contributed by atoms with Gasteiger partial charge in [-0.25, -0.2) is 0 Å². The topological polar surface area (TPSA) is 40.5 Å². The Morgan fingerprint density at radius 1 is 1.50 bits per heavy atom. The van der Waals surface area contributed by atoms with Crippen LogP contribution in [-0.4, -0.2) is 30.0 Å². The summed E-state index contributed by atoms with van der Waals surface area (Å²) >= 11 is 3.35. The molecule has 16 heavy (non-hydrogen) atoms. The number of hydrogen-bond acceptors (Lipinski definition) is 2. The molecule has 1 unspecified atom stereocenters. The molecule has 3 nitrogen and oxygen atoms in total. The van der Waals surface area contributed by atoms with Crippen molar-refractivity contribution in [1.29, 1.82) is 0 Å². The van der Waals surface area contributed by atoms with Crippen molar-refractivity contribution in [2.75, 3.05) is 14.1 Å². The summed E-state index contributed by atoms with van der Waals surface area (Å²) in [5.41, 5.74) is 0.834. The second-order valence-electron chi connectivity index (χ2n) is 3.90. The van der Waals surface area contributed by atoms with Crippen molar-refractivity contribution in [3.63, 3.8) is 0 Å². The summed E-state index contributed by atoms with van der Waals surface area (Å²) in [6, 6.07) is 7.50. The Bertz CT molecular complexity index is 366. The summed E-state index contributed by atoms with van der Waals surface area (Å²) in [7, 11) is 3.43. The van der Waals surface area contributed by atoms with E-state index in [1.54, 1.807) is 14.1 Å². The average Bonchev–Trinajstić information content (AvgIpc) is 2.25. The third-order valence-electron chi connectivity index (χ3n) is 2.36. The van der Waals surface area contributed by atoms with Crippen molar-refractivity contribution in [2.45, 2.75) is 18.9 Å². The number of hydrogen-bond donors (Lipinski definition) is 1. The van der Waals surface area contributed by atoms with Gasteiger partial charge in [0, 0.05) is 25.0 Å². The molecular formula is C12H16BrNO2. The molecule has 1 aromatic carbocycles. The van der Waals surface area contributed by atoms with Gasteiger partial charge in [-0.2, -0.15) is 0 Å². The second kappa shape index (κ2) is 6.01. The van der Waals surface area contributed by atoms with Crippen molar-refractivity contribution in [2.24, 2.45) is 0 Å². The van der Waals surface area contributed by atoms with E-state index in [1.807, 2.05) is 24.3 Å². The van der Waals surface area contributed by atoms with Crippen LogP contribution in [0, 0.1) is 0 Å². The van der Waals surface area contributed by atoms with Crippen LogP contribution in [0.2, 0.25) is 0 Å². The van der Waals surface area contributed by atoms with E-state index in [9.17, 15) is 9.90 Å². The maximum atomic E-state index is 11.4. The van der Waals surface area contributed by atoms with E-state index in [-0.39, 0.29) is 5.91 Å². The highest BCUT2D eigenvalue weighted by atomic mass is 79.9. The highest BCUT2D eigenvalue weighted by Gasteiger charge is 2.11. The number of carbonyl (C=O) groups is 1. The van der Waals surface area contributed by atoms with E-state index in [4.69, 9.17) is 0 Å². The Balaban J connectivity index is 2.53. The lowest BCUT2D eigenvalue weighted by Crippen LogP contribution is -2.21. The van der Waals surface area contributed by atoms with Gasteiger partial charge in [-0.1, -0.05) is 28.1 Å². The SMILES string of the molecule is CN(C)C(=O)CCC(O)c1cccc(Br)c1.